The number of rotatable bonds is 6. The normalized spacial score (nSPS) is 11.1. The van der Waals surface area contributed by atoms with Gasteiger partial charge in [-0.3, -0.25) is 0 Å². The summed E-state index contributed by atoms with van der Waals surface area (Å²) in [7, 11) is 0. The highest BCUT2D eigenvalue weighted by atomic mass is 32.1. The lowest BCUT2D eigenvalue weighted by Gasteiger charge is -1.98. The highest BCUT2D eigenvalue weighted by molar-refractivity contribution is 7.11. The van der Waals surface area contributed by atoms with Crippen LogP contribution in [0.2, 0.25) is 0 Å². The lowest BCUT2D eigenvalue weighted by molar-refractivity contribution is 0.708. The van der Waals surface area contributed by atoms with Gasteiger partial charge in [0.1, 0.15) is 5.01 Å². The zero-order chi connectivity index (χ0) is 13.0. The molecule has 0 radical (unpaired) electrons. The Morgan fingerprint density at radius 3 is 2.89 bits per heavy atom. The molecule has 98 valence electrons. The molecule has 0 spiro atoms. The molecule has 1 N–H and O–H groups in total. The number of nitrogens with zero attached hydrogens (tertiary/aromatic N) is 3. The monoisotopic (exact) mass is 264 g/mol. The van der Waals surface area contributed by atoms with E-state index in [-0.39, 0.29) is 0 Å². The van der Waals surface area contributed by atoms with Crippen molar-refractivity contribution in [1.29, 1.82) is 0 Å². The largest absolute Gasteiger partial charge is 0.330 e. The summed E-state index contributed by atoms with van der Waals surface area (Å²) in [6, 6.07) is 0. The number of aryl methyl sites for hydroxylation is 2. The zero-order valence-corrected chi connectivity index (χ0v) is 12.0. The first-order valence-electron chi connectivity index (χ1n) is 6.33. The van der Waals surface area contributed by atoms with Gasteiger partial charge in [0.15, 0.2) is 0 Å². The molecular weight excluding hydrogens is 244 g/mol. The average Bonchev–Trinajstić information content (AvgIpc) is 2.88. The Morgan fingerprint density at radius 1 is 1.39 bits per heavy atom. The fourth-order valence-corrected chi connectivity index (χ4v) is 2.72. The number of likely N-dealkylation sites (N-methyl/N-ethyl adjacent to an activating group) is 1. The second kappa shape index (κ2) is 6.11. The van der Waals surface area contributed by atoms with E-state index in [9.17, 15) is 0 Å². The quantitative estimate of drug-likeness (QED) is 0.813. The molecule has 2 rings (SSSR count). The highest BCUT2D eigenvalue weighted by Gasteiger charge is 2.05. The molecule has 0 saturated heterocycles. The molecule has 0 unspecified atom stereocenters. The van der Waals surface area contributed by atoms with E-state index in [1.807, 2.05) is 6.33 Å². The van der Waals surface area contributed by atoms with Crippen molar-refractivity contribution in [2.75, 3.05) is 13.1 Å². The van der Waals surface area contributed by atoms with Gasteiger partial charge >= 0.3 is 0 Å². The Hall–Kier alpha value is -1.20. The second-order valence-electron chi connectivity index (χ2n) is 4.39. The average molecular weight is 264 g/mol. The van der Waals surface area contributed by atoms with Crippen LogP contribution in [0.1, 0.15) is 28.2 Å². The van der Waals surface area contributed by atoms with Gasteiger partial charge in [0.25, 0.3) is 0 Å². The van der Waals surface area contributed by atoms with Crippen LogP contribution < -0.4 is 5.32 Å². The molecule has 4 nitrogen and oxygen atoms in total. The van der Waals surface area contributed by atoms with Crippen molar-refractivity contribution < 1.29 is 0 Å². The van der Waals surface area contributed by atoms with E-state index in [0.29, 0.717) is 0 Å². The van der Waals surface area contributed by atoms with Crippen LogP contribution in [0.25, 0.3) is 0 Å². The first-order chi connectivity index (χ1) is 8.69. The third-order valence-corrected chi connectivity index (χ3v) is 3.94. The molecule has 2 aromatic rings. The van der Waals surface area contributed by atoms with Gasteiger partial charge < -0.3 is 9.88 Å². The van der Waals surface area contributed by atoms with Crippen LogP contribution in [0.15, 0.2) is 12.5 Å². The molecular formula is C13H20N4S. The van der Waals surface area contributed by atoms with Crippen LogP contribution in [0.4, 0.5) is 0 Å². The summed E-state index contributed by atoms with van der Waals surface area (Å²) in [5, 5.41) is 4.46. The third kappa shape index (κ3) is 3.40. The minimum absolute atomic E-state index is 0.827. The minimum atomic E-state index is 0.827. The maximum Gasteiger partial charge on any atom is 0.113 e. The molecule has 2 aromatic heterocycles. The van der Waals surface area contributed by atoms with Gasteiger partial charge in [0, 0.05) is 24.0 Å². The van der Waals surface area contributed by atoms with Gasteiger partial charge in [-0.25, -0.2) is 9.97 Å². The molecule has 0 aromatic carbocycles. The SMILES string of the molecule is CCNCCc1cn(Cc2nc(C)c(C)s2)cn1. The standard InChI is InChI=1S/C13H20N4S/c1-4-14-6-5-12-7-17(9-15-12)8-13-16-10(2)11(3)18-13/h7,9,14H,4-6,8H2,1-3H3. The molecule has 18 heavy (non-hydrogen) atoms. The summed E-state index contributed by atoms with van der Waals surface area (Å²) in [6.45, 7) is 9.12. The second-order valence-corrected chi connectivity index (χ2v) is 5.68. The zero-order valence-electron chi connectivity index (χ0n) is 11.2. The maximum absolute atomic E-state index is 4.55. The van der Waals surface area contributed by atoms with Crippen molar-refractivity contribution in [3.8, 4) is 0 Å². The van der Waals surface area contributed by atoms with Gasteiger partial charge in [-0.1, -0.05) is 6.92 Å². The number of hydrogen-bond donors (Lipinski definition) is 1. The van der Waals surface area contributed by atoms with Crippen LogP contribution in [0, 0.1) is 13.8 Å². The van der Waals surface area contributed by atoms with E-state index in [1.165, 1.54) is 4.88 Å². The molecule has 5 heteroatoms. The molecule has 0 aliphatic rings. The van der Waals surface area contributed by atoms with Crippen molar-refractivity contribution in [1.82, 2.24) is 19.9 Å². The van der Waals surface area contributed by atoms with Crippen LogP contribution in [0.3, 0.4) is 0 Å². The summed E-state index contributed by atoms with van der Waals surface area (Å²) < 4.78 is 2.11. The first-order valence-corrected chi connectivity index (χ1v) is 7.15. The summed E-state index contributed by atoms with van der Waals surface area (Å²) in [4.78, 5) is 10.3. The molecule has 0 atom stereocenters. The Morgan fingerprint density at radius 2 is 2.22 bits per heavy atom. The summed E-state index contributed by atoms with van der Waals surface area (Å²) in [5.41, 5.74) is 2.28. The summed E-state index contributed by atoms with van der Waals surface area (Å²) in [5.74, 6) is 0. The molecule has 0 aliphatic carbocycles. The Kier molecular flexibility index (Phi) is 4.49. The topological polar surface area (TPSA) is 42.7 Å². The van der Waals surface area contributed by atoms with E-state index in [1.54, 1.807) is 11.3 Å². The minimum Gasteiger partial charge on any atom is -0.330 e. The lowest BCUT2D eigenvalue weighted by Crippen LogP contribution is -2.16. The van der Waals surface area contributed by atoms with Crippen LogP contribution in [-0.4, -0.2) is 27.6 Å². The predicted molar refractivity (Wildman–Crippen MR) is 75.2 cm³/mol. The van der Waals surface area contributed by atoms with E-state index in [4.69, 9.17) is 0 Å². The summed E-state index contributed by atoms with van der Waals surface area (Å²) >= 11 is 1.77. The maximum atomic E-state index is 4.55. The van der Waals surface area contributed by atoms with Crippen molar-refractivity contribution >= 4 is 11.3 Å². The molecule has 0 amide bonds. The number of aromatic nitrogens is 3. The molecule has 0 fully saturated rings. The Labute approximate surface area is 112 Å². The number of hydrogen-bond acceptors (Lipinski definition) is 4. The van der Waals surface area contributed by atoms with Gasteiger partial charge in [-0.05, 0) is 20.4 Å². The van der Waals surface area contributed by atoms with Gasteiger partial charge in [-0.2, -0.15) is 0 Å². The smallest absolute Gasteiger partial charge is 0.113 e. The molecule has 0 saturated carbocycles. The van der Waals surface area contributed by atoms with E-state index in [2.05, 4.69) is 46.8 Å². The van der Waals surface area contributed by atoms with Gasteiger partial charge in [0.2, 0.25) is 0 Å². The molecule has 0 bridgehead atoms. The third-order valence-electron chi connectivity index (χ3n) is 2.89. The number of nitrogens with one attached hydrogen (secondary N) is 1. The summed E-state index contributed by atoms with van der Waals surface area (Å²) in [6.07, 6.45) is 4.99. The Bertz CT molecular complexity index is 481. The lowest BCUT2D eigenvalue weighted by atomic mass is 10.3. The van der Waals surface area contributed by atoms with Gasteiger partial charge in [0.05, 0.1) is 24.3 Å². The van der Waals surface area contributed by atoms with Crippen LogP contribution in [-0.2, 0) is 13.0 Å². The number of thiazole rings is 1. The molecule has 2 heterocycles. The fourth-order valence-electron chi connectivity index (χ4n) is 1.78. The van der Waals surface area contributed by atoms with Crippen LogP contribution >= 0.6 is 11.3 Å². The van der Waals surface area contributed by atoms with E-state index < -0.39 is 0 Å². The van der Waals surface area contributed by atoms with Crippen molar-refractivity contribution in [2.45, 2.75) is 33.7 Å². The predicted octanol–water partition coefficient (Wildman–Crippen LogP) is 2.16. The van der Waals surface area contributed by atoms with Crippen molar-refractivity contribution in [2.24, 2.45) is 0 Å². The van der Waals surface area contributed by atoms with Crippen molar-refractivity contribution in [3.63, 3.8) is 0 Å². The Balaban J connectivity index is 1.93. The fraction of sp³-hybridized carbons (Fsp3) is 0.538. The van der Waals surface area contributed by atoms with Crippen LogP contribution in [0.5, 0.6) is 0 Å². The highest BCUT2D eigenvalue weighted by Crippen LogP contribution is 2.17. The first kappa shape index (κ1) is 13.2. The van der Waals surface area contributed by atoms with Gasteiger partial charge in [-0.15, -0.1) is 11.3 Å². The van der Waals surface area contributed by atoms with E-state index >= 15 is 0 Å². The number of imidazole rings is 1. The van der Waals surface area contributed by atoms with E-state index in [0.717, 1.165) is 42.5 Å². The molecule has 0 aliphatic heterocycles. The van der Waals surface area contributed by atoms with Crippen molar-refractivity contribution in [3.05, 3.63) is 33.8 Å².